The molecule has 0 heterocycles. The molecule has 21 heavy (non-hydrogen) atoms. The summed E-state index contributed by atoms with van der Waals surface area (Å²) < 4.78 is 6.78. The lowest BCUT2D eigenvalue weighted by molar-refractivity contribution is 0.308. The Labute approximate surface area is 138 Å². The lowest BCUT2D eigenvalue weighted by Gasteiger charge is -2.27. The van der Waals surface area contributed by atoms with Crippen molar-refractivity contribution in [2.45, 2.75) is 59.9 Å². The van der Waals surface area contributed by atoms with E-state index in [1.807, 2.05) is 0 Å². The second kappa shape index (κ2) is 8.79. The first-order valence-corrected chi connectivity index (χ1v) is 8.82. The van der Waals surface area contributed by atoms with Crippen LogP contribution in [0.3, 0.4) is 0 Å². The summed E-state index contributed by atoms with van der Waals surface area (Å²) in [7, 11) is 0. The fourth-order valence-corrected chi connectivity index (χ4v) is 2.81. The molecule has 0 aliphatic heterocycles. The first-order chi connectivity index (χ1) is 9.87. The van der Waals surface area contributed by atoms with E-state index in [1.54, 1.807) is 0 Å². The molecule has 0 aromatic heterocycles. The van der Waals surface area contributed by atoms with Gasteiger partial charge < -0.3 is 10.1 Å². The molecule has 0 saturated heterocycles. The van der Waals surface area contributed by atoms with Gasteiger partial charge in [0, 0.05) is 6.04 Å². The number of halogens is 1. The molecule has 1 N–H and O–H groups in total. The minimum atomic E-state index is 0.301. The molecule has 0 aliphatic carbocycles. The van der Waals surface area contributed by atoms with Gasteiger partial charge in [-0.05, 0) is 64.8 Å². The van der Waals surface area contributed by atoms with Crippen molar-refractivity contribution in [1.29, 1.82) is 0 Å². The summed E-state index contributed by atoms with van der Waals surface area (Å²) in [5.41, 5.74) is 1.63. The van der Waals surface area contributed by atoms with Gasteiger partial charge in [0.2, 0.25) is 0 Å². The molecule has 1 atom stereocenters. The second-order valence-corrected chi connectivity index (χ2v) is 7.66. The van der Waals surface area contributed by atoms with Crippen molar-refractivity contribution in [3.05, 3.63) is 28.2 Å². The third-order valence-corrected chi connectivity index (χ3v) is 3.90. The van der Waals surface area contributed by atoms with Crippen LogP contribution in [-0.2, 0) is 0 Å². The number of benzene rings is 1. The Morgan fingerprint density at radius 3 is 2.43 bits per heavy atom. The molecule has 1 rings (SSSR count). The zero-order valence-corrected chi connectivity index (χ0v) is 15.7. The zero-order chi connectivity index (χ0) is 15.9. The van der Waals surface area contributed by atoms with Crippen molar-refractivity contribution in [2.24, 2.45) is 5.41 Å². The first-order valence-electron chi connectivity index (χ1n) is 8.03. The summed E-state index contributed by atoms with van der Waals surface area (Å²) in [5.74, 6) is 0.936. The summed E-state index contributed by atoms with van der Waals surface area (Å²) in [6.07, 6.45) is 3.30. The van der Waals surface area contributed by atoms with Gasteiger partial charge >= 0.3 is 0 Å². The van der Waals surface area contributed by atoms with Crippen LogP contribution in [0.25, 0.3) is 0 Å². The maximum absolute atomic E-state index is 5.74. The Balaban J connectivity index is 2.88. The summed E-state index contributed by atoms with van der Waals surface area (Å²) in [6.45, 7) is 13.0. The average molecular weight is 356 g/mol. The van der Waals surface area contributed by atoms with E-state index < -0.39 is 0 Å². The van der Waals surface area contributed by atoms with Crippen LogP contribution in [0.15, 0.2) is 22.7 Å². The molecule has 0 spiro atoms. The summed E-state index contributed by atoms with van der Waals surface area (Å²) in [5, 5.41) is 3.67. The molecule has 3 heteroatoms. The molecule has 0 fully saturated rings. The smallest absolute Gasteiger partial charge is 0.133 e. The van der Waals surface area contributed by atoms with Gasteiger partial charge in [-0.3, -0.25) is 0 Å². The third kappa shape index (κ3) is 6.84. The zero-order valence-electron chi connectivity index (χ0n) is 14.1. The van der Waals surface area contributed by atoms with E-state index in [-0.39, 0.29) is 0 Å². The molecule has 0 saturated carbocycles. The fourth-order valence-electron chi connectivity index (χ4n) is 2.30. The maximum atomic E-state index is 5.74. The number of hydrogen-bond donors (Lipinski definition) is 1. The van der Waals surface area contributed by atoms with Gasteiger partial charge in [-0.25, -0.2) is 0 Å². The molecular weight excluding hydrogens is 326 g/mol. The quantitative estimate of drug-likeness (QED) is 0.644. The highest BCUT2D eigenvalue weighted by molar-refractivity contribution is 9.10. The van der Waals surface area contributed by atoms with E-state index in [2.05, 4.69) is 74.1 Å². The number of hydrogen-bond acceptors (Lipinski definition) is 2. The van der Waals surface area contributed by atoms with E-state index in [0.717, 1.165) is 42.6 Å². The molecule has 0 aliphatic rings. The minimum Gasteiger partial charge on any atom is -0.492 e. The van der Waals surface area contributed by atoms with Gasteiger partial charge in [-0.15, -0.1) is 0 Å². The predicted octanol–water partition coefficient (Wildman–Crippen LogP) is 5.71. The van der Waals surface area contributed by atoms with Crippen LogP contribution in [0.5, 0.6) is 5.75 Å². The normalized spacial score (nSPS) is 13.2. The van der Waals surface area contributed by atoms with Gasteiger partial charge in [0.1, 0.15) is 5.75 Å². The van der Waals surface area contributed by atoms with Crippen molar-refractivity contribution in [2.75, 3.05) is 13.2 Å². The van der Waals surface area contributed by atoms with Gasteiger partial charge in [0.05, 0.1) is 11.1 Å². The summed E-state index contributed by atoms with van der Waals surface area (Å²) in [6, 6.07) is 6.86. The van der Waals surface area contributed by atoms with Crippen LogP contribution >= 0.6 is 15.9 Å². The van der Waals surface area contributed by atoms with Crippen LogP contribution in [0.4, 0.5) is 0 Å². The van der Waals surface area contributed by atoms with Crippen LogP contribution in [-0.4, -0.2) is 13.2 Å². The van der Waals surface area contributed by atoms with Crippen molar-refractivity contribution in [1.82, 2.24) is 5.32 Å². The average Bonchev–Trinajstić information content (AvgIpc) is 2.41. The van der Waals surface area contributed by atoms with Crippen molar-refractivity contribution < 1.29 is 4.74 Å². The Morgan fingerprint density at radius 1 is 1.19 bits per heavy atom. The van der Waals surface area contributed by atoms with Crippen LogP contribution in [0, 0.1) is 5.41 Å². The standard InChI is InChI=1S/C18H30BrNO/c1-6-10-20-16(13-18(3,4)5)14-8-9-17(15(19)12-14)21-11-7-2/h8-9,12,16,20H,6-7,10-11,13H2,1-5H3. The Bertz CT molecular complexity index is 426. The van der Waals surface area contributed by atoms with Crippen LogP contribution < -0.4 is 10.1 Å². The molecule has 1 unspecified atom stereocenters. The van der Waals surface area contributed by atoms with Crippen molar-refractivity contribution in [3.8, 4) is 5.75 Å². The maximum Gasteiger partial charge on any atom is 0.133 e. The molecule has 1 aromatic rings. The van der Waals surface area contributed by atoms with E-state index in [4.69, 9.17) is 4.74 Å². The molecule has 0 radical (unpaired) electrons. The second-order valence-electron chi connectivity index (χ2n) is 6.81. The third-order valence-electron chi connectivity index (χ3n) is 3.28. The monoisotopic (exact) mass is 355 g/mol. The Morgan fingerprint density at radius 2 is 1.90 bits per heavy atom. The van der Waals surface area contributed by atoms with Crippen molar-refractivity contribution >= 4 is 15.9 Å². The number of rotatable bonds is 8. The SMILES string of the molecule is CCCNC(CC(C)(C)C)c1ccc(OCCC)c(Br)c1. The first kappa shape index (κ1) is 18.5. The lowest BCUT2D eigenvalue weighted by Crippen LogP contribution is -2.26. The molecule has 2 nitrogen and oxygen atoms in total. The fraction of sp³-hybridized carbons (Fsp3) is 0.667. The largest absolute Gasteiger partial charge is 0.492 e. The highest BCUT2D eigenvalue weighted by Gasteiger charge is 2.20. The van der Waals surface area contributed by atoms with Gasteiger partial charge in [0.15, 0.2) is 0 Å². The Hall–Kier alpha value is -0.540. The van der Waals surface area contributed by atoms with E-state index in [9.17, 15) is 0 Å². The lowest BCUT2D eigenvalue weighted by atomic mass is 9.85. The summed E-state index contributed by atoms with van der Waals surface area (Å²) in [4.78, 5) is 0. The molecule has 1 aromatic carbocycles. The predicted molar refractivity (Wildman–Crippen MR) is 95.0 cm³/mol. The summed E-state index contributed by atoms with van der Waals surface area (Å²) >= 11 is 3.64. The Kier molecular flexibility index (Phi) is 7.75. The van der Waals surface area contributed by atoms with Gasteiger partial charge in [-0.2, -0.15) is 0 Å². The van der Waals surface area contributed by atoms with E-state index >= 15 is 0 Å². The molecular formula is C18H30BrNO. The van der Waals surface area contributed by atoms with Crippen molar-refractivity contribution in [3.63, 3.8) is 0 Å². The van der Waals surface area contributed by atoms with Crippen LogP contribution in [0.1, 0.15) is 65.5 Å². The minimum absolute atomic E-state index is 0.301. The van der Waals surface area contributed by atoms with Gasteiger partial charge in [-0.1, -0.05) is 40.7 Å². The van der Waals surface area contributed by atoms with E-state index in [0.29, 0.717) is 11.5 Å². The van der Waals surface area contributed by atoms with Crippen LogP contribution in [0.2, 0.25) is 0 Å². The number of nitrogens with one attached hydrogen (secondary N) is 1. The molecule has 120 valence electrons. The molecule has 0 amide bonds. The highest BCUT2D eigenvalue weighted by atomic mass is 79.9. The highest BCUT2D eigenvalue weighted by Crippen LogP contribution is 2.33. The topological polar surface area (TPSA) is 21.3 Å². The van der Waals surface area contributed by atoms with Gasteiger partial charge in [0.25, 0.3) is 0 Å². The molecule has 0 bridgehead atoms. The number of ether oxygens (including phenoxy) is 1. The van der Waals surface area contributed by atoms with E-state index in [1.165, 1.54) is 5.56 Å².